The number of nitrogens with zero attached hydrogens (tertiary/aromatic N) is 5. The van der Waals surface area contributed by atoms with Crippen molar-refractivity contribution in [1.29, 1.82) is 0 Å². The number of hydrogen-bond acceptors (Lipinski definition) is 7. The zero-order chi connectivity index (χ0) is 43.6. The van der Waals surface area contributed by atoms with Crippen molar-refractivity contribution in [2.75, 3.05) is 20.1 Å². The molecule has 2 aromatic heterocycles. The Balaban J connectivity index is 1.42. The van der Waals surface area contributed by atoms with E-state index in [1.54, 1.807) is 43.0 Å². The van der Waals surface area contributed by atoms with E-state index in [4.69, 9.17) is 0 Å². The molecule has 4 aromatic rings. The van der Waals surface area contributed by atoms with E-state index in [9.17, 15) is 29.4 Å². The first-order valence-electron chi connectivity index (χ1n) is 20.8. The topological polar surface area (TPSA) is 168 Å². The molecule has 1 fully saturated rings. The molecule has 320 valence electrons. The fourth-order valence-corrected chi connectivity index (χ4v) is 8.07. The van der Waals surface area contributed by atoms with Gasteiger partial charge in [-0.1, -0.05) is 108 Å². The summed E-state index contributed by atoms with van der Waals surface area (Å²) >= 11 is 0. The number of hydrogen-bond donors (Lipinski definition) is 4. The Bertz CT molecular complexity index is 2040. The number of aliphatic hydroxyl groups is 1. The van der Waals surface area contributed by atoms with Gasteiger partial charge in [-0.25, -0.2) is 9.59 Å². The number of aromatic nitrogens is 2. The average molecular weight is 820 g/mol. The lowest BCUT2D eigenvalue weighted by molar-refractivity contribution is -0.130. The number of pyridine rings is 2. The number of likely N-dealkylation sites (N-methyl/N-ethyl adjacent to an activating group) is 1. The lowest BCUT2D eigenvalue weighted by Crippen LogP contribution is -2.58. The van der Waals surface area contributed by atoms with Crippen LogP contribution < -0.4 is 10.6 Å². The molecule has 0 aliphatic carbocycles. The van der Waals surface area contributed by atoms with Crippen molar-refractivity contribution in [3.05, 3.63) is 120 Å². The number of aliphatic hydroxyl groups excluding tert-OH is 1. The van der Waals surface area contributed by atoms with Crippen LogP contribution in [0, 0.1) is 18.3 Å². The van der Waals surface area contributed by atoms with Crippen molar-refractivity contribution >= 4 is 23.9 Å². The summed E-state index contributed by atoms with van der Waals surface area (Å²) in [6, 6.07) is 23.3. The third kappa shape index (κ3) is 11.7. The van der Waals surface area contributed by atoms with Gasteiger partial charge in [0.2, 0.25) is 11.8 Å². The normalized spacial score (nSPS) is 16.0. The van der Waals surface area contributed by atoms with Crippen molar-refractivity contribution < 1.29 is 29.4 Å². The van der Waals surface area contributed by atoms with Gasteiger partial charge in [-0.15, -0.1) is 0 Å². The van der Waals surface area contributed by atoms with E-state index in [0.717, 1.165) is 38.5 Å². The van der Waals surface area contributed by atoms with Gasteiger partial charge in [0.05, 0.1) is 17.8 Å². The molecule has 60 heavy (non-hydrogen) atoms. The van der Waals surface area contributed by atoms with Crippen molar-refractivity contribution in [3.8, 4) is 11.3 Å². The van der Waals surface area contributed by atoms with Gasteiger partial charge in [0.15, 0.2) is 0 Å². The van der Waals surface area contributed by atoms with E-state index in [0.29, 0.717) is 32.5 Å². The van der Waals surface area contributed by atoms with Crippen LogP contribution >= 0.6 is 0 Å². The number of carboxylic acid groups (broad SMARTS) is 1. The van der Waals surface area contributed by atoms with Gasteiger partial charge in [0.1, 0.15) is 12.1 Å². The number of rotatable bonds is 18. The van der Waals surface area contributed by atoms with Crippen molar-refractivity contribution in [2.45, 2.75) is 104 Å². The Kier molecular flexibility index (Phi) is 15.4. The predicted octanol–water partition coefficient (Wildman–Crippen LogP) is 6.33. The van der Waals surface area contributed by atoms with Gasteiger partial charge in [0, 0.05) is 56.4 Å². The molecule has 1 saturated heterocycles. The lowest BCUT2D eigenvalue weighted by atomic mass is 9.84. The number of benzene rings is 2. The van der Waals surface area contributed by atoms with Gasteiger partial charge in [-0.2, -0.15) is 0 Å². The number of carbonyl (C=O) groups is 4. The molecule has 3 heterocycles. The molecule has 6 atom stereocenters. The van der Waals surface area contributed by atoms with Crippen LogP contribution in [0.1, 0.15) is 69.8 Å². The molecular weight excluding hydrogens is 759 g/mol. The first-order valence-corrected chi connectivity index (χ1v) is 20.8. The molecule has 13 nitrogen and oxygen atoms in total. The molecule has 1 aliphatic rings. The Labute approximate surface area is 354 Å². The number of nitrogens with one attached hydrogen (secondary N) is 2. The standard InChI is InChI=1S/C47H61N7O6/c1-8-31(2)41(54-26-25-53(45(54)58)30-36-17-14-24-48-32(36)3)43(56)51-39(28-33-15-10-9-11-16-33)40(55)29-37(50-44(57)42(47(4,5)6)52(7)46(59)60)27-34-19-21-35(22-20-34)38-18-12-13-23-49-38/h9-24,31,37,39-42,55H,8,25-30H2,1-7H3,(H,50,57)(H,51,56)(H,59,60)/t31?,37-,39-,40-,41-,42+/m0/s1. The number of aryl methyl sites for hydroxylation is 1. The van der Waals surface area contributed by atoms with Gasteiger partial charge < -0.3 is 30.6 Å². The molecule has 0 radical (unpaired) electrons. The summed E-state index contributed by atoms with van der Waals surface area (Å²) in [6.45, 7) is 12.5. The van der Waals surface area contributed by atoms with Crippen LogP contribution in [-0.2, 0) is 29.0 Å². The first kappa shape index (κ1) is 45.3. The fourth-order valence-electron chi connectivity index (χ4n) is 8.07. The smallest absolute Gasteiger partial charge is 0.407 e. The average Bonchev–Trinajstić information content (AvgIpc) is 3.57. The predicted molar refractivity (Wildman–Crippen MR) is 232 cm³/mol. The number of carbonyl (C=O) groups excluding carboxylic acids is 3. The molecule has 0 saturated carbocycles. The minimum absolute atomic E-state index is 0.0358. The maximum atomic E-state index is 14.6. The maximum absolute atomic E-state index is 14.6. The summed E-state index contributed by atoms with van der Waals surface area (Å²) < 4.78 is 0. The van der Waals surface area contributed by atoms with Gasteiger partial charge >= 0.3 is 12.1 Å². The highest BCUT2D eigenvalue weighted by Gasteiger charge is 2.42. The summed E-state index contributed by atoms with van der Waals surface area (Å²) in [6.07, 6.45) is 2.33. The van der Waals surface area contributed by atoms with Crippen LogP contribution in [0.25, 0.3) is 11.3 Å². The second-order valence-electron chi connectivity index (χ2n) is 17.1. The first-order chi connectivity index (χ1) is 28.6. The van der Waals surface area contributed by atoms with Gasteiger partial charge in [-0.05, 0) is 72.4 Å². The SMILES string of the molecule is CCC(C)[C@@H](C(=O)N[C@@H](Cc1ccccc1)[C@@H](O)C[C@H](Cc1ccc(-c2ccccn2)cc1)NC(=O)[C@@H](N(C)C(=O)O)C(C)(C)C)N1CCN(Cc2cccnc2C)C1=O. The Hall–Kier alpha value is -5.82. The highest BCUT2D eigenvalue weighted by atomic mass is 16.4. The van der Waals surface area contributed by atoms with E-state index in [-0.39, 0.29) is 30.7 Å². The molecule has 0 bridgehead atoms. The van der Waals surface area contributed by atoms with Crippen molar-refractivity contribution in [2.24, 2.45) is 11.3 Å². The van der Waals surface area contributed by atoms with Crippen LogP contribution in [0.5, 0.6) is 0 Å². The van der Waals surface area contributed by atoms with Gasteiger partial charge in [0.25, 0.3) is 0 Å². The van der Waals surface area contributed by atoms with E-state index in [2.05, 4.69) is 20.6 Å². The monoisotopic (exact) mass is 819 g/mol. The minimum atomic E-state index is -1.24. The van der Waals surface area contributed by atoms with Crippen LogP contribution in [-0.4, -0.2) is 109 Å². The van der Waals surface area contributed by atoms with Crippen LogP contribution in [0.4, 0.5) is 9.59 Å². The third-order valence-corrected chi connectivity index (χ3v) is 11.5. The fraction of sp³-hybridized carbons (Fsp3) is 0.447. The Morgan fingerprint density at radius 2 is 1.52 bits per heavy atom. The third-order valence-electron chi connectivity index (χ3n) is 11.5. The van der Waals surface area contributed by atoms with Crippen LogP contribution in [0.3, 0.4) is 0 Å². The maximum Gasteiger partial charge on any atom is 0.407 e. The molecule has 1 aliphatic heterocycles. The summed E-state index contributed by atoms with van der Waals surface area (Å²) in [5.74, 6) is -1.04. The Morgan fingerprint density at radius 3 is 2.13 bits per heavy atom. The largest absolute Gasteiger partial charge is 0.465 e. The molecule has 5 rings (SSSR count). The van der Waals surface area contributed by atoms with E-state index in [1.807, 2.05) is 106 Å². The van der Waals surface area contributed by atoms with Crippen LogP contribution in [0.15, 0.2) is 97.3 Å². The summed E-state index contributed by atoms with van der Waals surface area (Å²) in [4.78, 5) is 68.0. The molecular formula is C47H61N7O6. The molecule has 5 amide bonds. The van der Waals surface area contributed by atoms with Crippen molar-refractivity contribution in [1.82, 2.24) is 35.3 Å². The van der Waals surface area contributed by atoms with Crippen molar-refractivity contribution in [3.63, 3.8) is 0 Å². The summed E-state index contributed by atoms with van der Waals surface area (Å²) in [7, 11) is 1.38. The molecule has 1 unspecified atom stereocenters. The van der Waals surface area contributed by atoms with Gasteiger partial charge in [-0.3, -0.25) is 24.5 Å². The quantitative estimate of drug-likeness (QED) is 0.0903. The van der Waals surface area contributed by atoms with E-state index in [1.165, 1.54) is 7.05 Å². The molecule has 4 N–H and O–H groups in total. The molecule has 2 aromatic carbocycles. The second kappa shape index (κ2) is 20.4. The zero-order valence-corrected chi connectivity index (χ0v) is 35.9. The zero-order valence-electron chi connectivity index (χ0n) is 35.9. The van der Waals surface area contributed by atoms with Crippen LogP contribution in [0.2, 0.25) is 0 Å². The Morgan fingerprint density at radius 1 is 0.850 bits per heavy atom. The summed E-state index contributed by atoms with van der Waals surface area (Å²) in [5, 5.41) is 28.4. The highest BCUT2D eigenvalue weighted by molar-refractivity contribution is 5.89. The summed E-state index contributed by atoms with van der Waals surface area (Å²) in [5.41, 5.74) is 4.54. The lowest BCUT2D eigenvalue weighted by Gasteiger charge is -2.37. The van der Waals surface area contributed by atoms with E-state index >= 15 is 0 Å². The number of urea groups is 1. The van der Waals surface area contributed by atoms with E-state index < -0.39 is 47.7 Å². The number of amides is 5. The molecule has 13 heteroatoms. The highest BCUT2D eigenvalue weighted by Crippen LogP contribution is 2.27. The second-order valence-corrected chi connectivity index (χ2v) is 17.1. The molecule has 0 spiro atoms. The minimum Gasteiger partial charge on any atom is -0.465 e.